The highest BCUT2D eigenvalue weighted by Crippen LogP contribution is 2.09. The summed E-state index contributed by atoms with van der Waals surface area (Å²) in [6, 6.07) is 11.6. The predicted octanol–water partition coefficient (Wildman–Crippen LogP) is 1.88. The largest absolute Gasteiger partial charge is 0.272 e. The quantitative estimate of drug-likeness (QED) is 0.519. The number of aromatic nitrogens is 1. The first kappa shape index (κ1) is 14.2. The van der Waals surface area contributed by atoms with E-state index < -0.39 is 0 Å². The van der Waals surface area contributed by atoms with Crippen LogP contribution in [0.4, 0.5) is 4.39 Å². The van der Waals surface area contributed by atoms with Crippen LogP contribution in [0.1, 0.15) is 5.56 Å². The van der Waals surface area contributed by atoms with Crippen molar-refractivity contribution in [3.8, 4) is 0 Å². The van der Waals surface area contributed by atoms with Gasteiger partial charge in [0, 0.05) is 12.1 Å². The number of halogens is 1. The molecule has 0 saturated carbocycles. The average Bonchev–Trinajstić information content (AvgIpc) is 2.46. The van der Waals surface area contributed by atoms with Gasteiger partial charge in [-0.3, -0.25) is 4.79 Å². The maximum Gasteiger partial charge on any atom is 0.250 e. The molecule has 0 radical (unpaired) electrons. The molecular weight excluding hydrogens is 277 g/mol. The number of rotatable bonds is 5. The standard InChI is InChI=1S/C14H12FN3OS/c15-12-5-3-4-11(8-12)9-17-18-13(19)10-20-14-6-1-2-7-16-14/h1-9H,10H2,(H,18,19)/p+1. The van der Waals surface area contributed by atoms with E-state index in [4.69, 9.17) is 0 Å². The number of nitrogens with one attached hydrogen (secondary N) is 2. The summed E-state index contributed by atoms with van der Waals surface area (Å²) in [5.74, 6) is -0.309. The van der Waals surface area contributed by atoms with Crippen LogP contribution >= 0.6 is 11.8 Å². The summed E-state index contributed by atoms with van der Waals surface area (Å²) in [7, 11) is 0. The minimum absolute atomic E-state index is 0.222. The Morgan fingerprint density at radius 2 is 2.25 bits per heavy atom. The number of amides is 1. The highest BCUT2D eigenvalue weighted by molar-refractivity contribution is 7.99. The minimum Gasteiger partial charge on any atom is -0.272 e. The zero-order chi connectivity index (χ0) is 14.2. The third-order valence-corrected chi connectivity index (χ3v) is 3.26. The molecule has 102 valence electrons. The molecule has 2 rings (SSSR count). The molecule has 2 N–H and O–H groups in total. The molecule has 0 aliphatic rings. The normalized spacial score (nSPS) is 10.7. The van der Waals surface area contributed by atoms with Crippen LogP contribution < -0.4 is 10.4 Å². The number of aromatic amines is 1. The number of carbonyl (C=O) groups excluding carboxylic acids is 1. The lowest BCUT2D eigenvalue weighted by atomic mass is 10.2. The number of hydrogen-bond acceptors (Lipinski definition) is 3. The van der Waals surface area contributed by atoms with Gasteiger partial charge in [-0.05, 0) is 35.5 Å². The fourth-order valence-corrected chi connectivity index (χ4v) is 2.09. The predicted molar refractivity (Wildman–Crippen MR) is 75.9 cm³/mol. The molecule has 0 atom stereocenters. The Labute approximate surface area is 120 Å². The van der Waals surface area contributed by atoms with E-state index in [-0.39, 0.29) is 17.5 Å². The number of hydrogen-bond donors (Lipinski definition) is 1. The molecule has 1 heterocycles. The van der Waals surface area contributed by atoms with Crippen LogP contribution in [0.3, 0.4) is 0 Å². The number of thioether (sulfide) groups is 1. The van der Waals surface area contributed by atoms with E-state index >= 15 is 0 Å². The van der Waals surface area contributed by atoms with E-state index in [1.165, 1.54) is 30.1 Å². The van der Waals surface area contributed by atoms with Gasteiger partial charge in [-0.2, -0.15) is 5.10 Å². The SMILES string of the molecule is O=C(CSc1cccc[nH+]1)NN=Cc1cccc(F)c1. The van der Waals surface area contributed by atoms with Crippen molar-refractivity contribution in [2.75, 3.05) is 5.75 Å². The highest BCUT2D eigenvalue weighted by Gasteiger charge is 2.05. The molecule has 0 aliphatic carbocycles. The van der Waals surface area contributed by atoms with Gasteiger partial charge in [0.05, 0.1) is 12.0 Å². The van der Waals surface area contributed by atoms with Crippen molar-refractivity contribution in [1.82, 2.24) is 5.43 Å². The van der Waals surface area contributed by atoms with E-state index in [9.17, 15) is 9.18 Å². The number of hydrazone groups is 1. The minimum atomic E-state index is -0.338. The van der Waals surface area contributed by atoms with Gasteiger partial charge in [-0.1, -0.05) is 12.1 Å². The average molecular weight is 290 g/mol. The van der Waals surface area contributed by atoms with Crippen molar-refractivity contribution in [3.05, 3.63) is 60.0 Å². The van der Waals surface area contributed by atoms with Crippen molar-refractivity contribution in [3.63, 3.8) is 0 Å². The molecule has 6 heteroatoms. The highest BCUT2D eigenvalue weighted by atomic mass is 32.2. The molecule has 20 heavy (non-hydrogen) atoms. The summed E-state index contributed by atoms with van der Waals surface area (Å²) >= 11 is 1.38. The number of nitrogens with zero attached hydrogens (tertiary/aromatic N) is 1. The molecule has 1 aromatic carbocycles. The Morgan fingerprint density at radius 3 is 3.00 bits per heavy atom. The molecule has 1 amide bonds. The summed E-state index contributed by atoms with van der Waals surface area (Å²) in [5.41, 5.74) is 2.99. The van der Waals surface area contributed by atoms with Gasteiger partial charge < -0.3 is 0 Å². The van der Waals surface area contributed by atoms with Crippen molar-refractivity contribution in [2.24, 2.45) is 5.10 Å². The van der Waals surface area contributed by atoms with Crippen LogP contribution in [-0.4, -0.2) is 17.9 Å². The molecule has 0 bridgehead atoms. The van der Waals surface area contributed by atoms with Crippen molar-refractivity contribution >= 4 is 23.9 Å². The first-order valence-corrected chi connectivity index (χ1v) is 6.89. The van der Waals surface area contributed by atoms with Gasteiger partial charge in [0.2, 0.25) is 5.03 Å². The Bertz CT molecular complexity index is 604. The van der Waals surface area contributed by atoms with E-state index in [1.807, 2.05) is 18.2 Å². The third-order valence-electron chi connectivity index (χ3n) is 2.29. The van der Waals surface area contributed by atoms with Crippen molar-refractivity contribution < 1.29 is 14.2 Å². The Hall–Kier alpha value is -2.21. The topological polar surface area (TPSA) is 55.6 Å². The van der Waals surface area contributed by atoms with E-state index in [2.05, 4.69) is 15.5 Å². The van der Waals surface area contributed by atoms with Crippen molar-refractivity contribution in [1.29, 1.82) is 0 Å². The lowest BCUT2D eigenvalue weighted by Gasteiger charge is -1.97. The fourth-order valence-electron chi connectivity index (χ4n) is 1.41. The molecule has 0 saturated heterocycles. The summed E-state index contributed by atoms with van der Waals surface area (Å²) < 4.78 is 12.9. The lowest BCUT2D eigenvalue weighted by molar-refractivity contribution is -0.426. The second kappa shape index (κ2) is 7.40. The van der Waals surface area contributed by atoms with Crippen LogP contribution in [0.5, 0.6) is 0 Å². The Morgan fingerprint density at radius 1 is 1.35 bits per heavy atom. The van der Waals surface area contributed by atoms with Crippen LogP contribution in [0.2, 0.25) is 0 Å². The van der Waals surface area contributed by atoms with Crippen LogP contribution in [0.25, 0.3) is 0 Å². The van der Waals surface area contributed by atoms with Gasteiger partial charge >= 0.3 is 0 Å². The van der Waals surface area contributed by atoms with Gasteiger partial charge in [0.25, 0.3) is 5.91 Å². The van der Waals surface area contributed by atoms with Crippen LogP contribution in [-0.2, 0) is 4.79 Å². The summed E-state index contributed by atoms with van der Waals surface area (Å²) in [4.78, 5) is 14.6. The van der Waals surface area contributed by atoms with E-state index in [0.717, 1.165) is 5.03 Å². The maximum absolute atomic E-state index is 12.9. The number of pyridine rings is 1. The molecular formula is C14H13FN3OS+. The molecule has 1 aromatic heterocycles. The van der Waals surface area contributed by atoms with Crippen LogP contribution in [0.15, 0.2) is 58.8 Å². The number of benzene rings is 1. The van der Waals surface area contributed by atoms with Crippen molar-refractivity contribution in [2.45, 2.75) is 5.03 Å². The molecule has 0 fully saturated rings. The molecule has 0 unspecified atom stereocenters. The molecule has 4 nitrogen and oxygen atoms in total. The smallest absolute Gasteiger partial charge is 0.250 e. The lowest BCUT2D eigenvalue weighted by Crippen LogP contribution is -2.20. The molecule has 0 spiro atoms. The second-order valence-electron chi connectivity index (χ2n) is 3.86. The Balaban J connectivity index is 1.78. The van der Waals surface area contributed by atoms with E-state index in [1.54, 1.807) is 18.3 Å². The first-order valence-electron chi connectivity index (χ1n) is 5.91. The zero-order valence-corrected chi connectivity index (χ0v) is 11.4. The maximum atomic E-state index is 12.9. The third kappa shape index (κ3) is 4.81. The Kier molecular flexibility index (Phi) is 5.25. The molecule has 0 aliphatic heterocycles. The van der Waals surface area contributed by atoms with Gasteiger partial charge in [0.1, 0.15) is 5.82 Å². The molecule has 2 aromatic rings. The summed E-state index contributed by atoms with van der Waals surface area (Å²) in [6.07, 6.45) is 3.20. The van der Waals surface area contributed by atoms with Gasteiger partial charge in [-0.25, -0.2) is 14.8 Å². The van der Waals surface area contributed by atoms with E-state index in [0.29, 0.717) is 5.56 Å². The first-order chi connectivity index (χ1) is 9.74. The monoisotopic (exact) mass is 290 g/mol. The fraction of sp³-hybridized carbons (Fsp3) is 0.0714. The summed E-state index contributed by atoms with van der Waals surface area (Å²) in [5, 5.41) is 4.68. The summed E-state index contributed by atoms with van der Waals surface area (Å²) in [6.45, 7) is 0. The van der Waals surface area contributed by atoms with Gasteiger partial charge in [-0.15, -0.1) is 0 Å². The van der Waals surface area contributed by atoms with Crippen LogP contribution in [0, 0.1) is 5.82 Å². The number of H-pyrrole nitrogens is 1. The number of carbonyl (C=O) groups is 1. The second-order valence-corrected chi connectivity index (χ2v) is 4.88. The zero-order valence-electron chi connectivity index (χ0n) is 10.5. The van der Waals surface area contributed by atoms with Gasteiger partial charge in [0.15, 0.2) is 6.20 Å².